The van der Waals surface area contributed by atoms with E-state index in [9.17, 15) is 0 Å². The van der Waals surface area contributed by atoms with Gasteiger partial charge in [0.25, 0.3) is 0 Å². The van der Waals surface area contributed by atoms with E-state index in [4.69, 9.17) is 28.2 Å². The molecule has 3 aromatic rings. The van der Waals surface area contributed by atoms with E-state index < -0.39 is 0 Å². The average Bonchev–Trinajstić information content (AvgIpc) is 3.03. The fourth-order valence-corrected chi connectivity index (χ4v) is 3.91. The lowest BCUT2D eigenvalue weighted by molar-refractivity contribution is 0.779. The van der Waals surface area contributed by atoms with Crippen LogP contribution < -0.4 is 0 Å². The van der Waals surface area contributed by atoms with Gasteiger partial charge in [-0.05, 0) is 59.5 Å². The maximum Gasteiger partial charge on any atom is 0.0465 e. The summed E-state index contributed by atoms with van der Waals surface area (Å²) in [5.41, 5.74) is 4.83. The molecule has 1 unspecified atom stereocenters. The summed E-state index contributed by atoms with van der Waals surface area (Å²) in [4.78, 5) is 4.78. The molecule has 3 heteroatoms. The summed E-state index contributed by atoms with van der Waals surface area (Å²) < 4.78 is 0. The highest BCUT2D eigenvalue weighted by Gasteiger charge is 2.22. The van der Waals surface area contributed by atoms with E-state index in [-0.39, 0.29) is 0 Å². The standard InChI is InChI=1S/C21H17Cl2N/c1-13-2-3-15-7-16(5-4-14(15)6-13)21-10-18(12-24-21)17-8-19(22)11-20(23)9-17/h2-9,11,18H,10,12H2,1H3. The number of nitrogens with zero attached hydrogens (tertiary/aromatic N) is 1. The van der Waals surface area contributed by atoms with Crippen molar-refractivity contribution in [3.8, 4) is 0 Å². The zero-order chi connectivity index (χ0) is 16.7. The Bertz CT molecular complexity index is 939. The van der Waals surface area contributed by atoms with Crippen LogP contribution in [0.1, 0.15) is 29.0 Å². The molecule has 0 fully saturated rings. The Labute approximate surface area is 151 Å². The summed E-state index contributed by atoms with van der Waals surface area (Å²) in [5, 5.41) is 3.91. The van der Waals surface area contributed by atoms with Gasteiger partial charge in [0.2, 0.25) is 0 Å². The highest BCUT2D eigenvalue weighted by atomic mass is 35.5. The highest BCUT2D eigenvalue weighted by molar-refractivity contribution is 6.34. The summed E-state index contributed by atoms with van der Waals surface area (Å²) in [7, 11) is 0. The molecular formula is C21H17Cl2N. The van der Waals surface area contributed by atoms with Crippen LogP contribution in [-0.4, -0.2) is 12.3 Å². The van der Waals surface area contributed by atoms with Crippen LogP contribution in [0.2, 0.25) is 10.0 Å². The first-order chi connectivity index (χ1) is 11.6. The van der Waals surface area contributed by atoms with E-state index in [0.717, 1.165) is 13.0 Å². The highest BCUT2D eigenvalue weighted by Crippen LogP contribution is 2.32. The number of aliphatic imine (C=N–C) groups is 1. The molecule has 1 heterocycles. The average molecular weight is 354 g/mol. The normalized spacial score (nSPS) is 17.3. The van der Waals surface area contributed by atoms with E-state index >= 15 is 0 Å². The third-order valence-corrected chi connectivity index (χ3v) is 5.06. The van der Waals surface area contributed by atoms with Gasteiger partial charge in [0.1, 0.15) is 0 Å². The zero-order valence-electron chi connectivity index (χ0n) is 13.4. The van der Waals surface area contributed by atoms with Crippen molar-refractivity contribution in [1.29, 1.82) is 0 Å². The first-order valence-corrected chi connectivity index (χ1v) is 8.84. The van der Waals surface area contributed by atoms with E-state index in [1.165, 1.54) is 33.2 Å². The van der Waals surface area contributed by atoms with Gasteiger partial charge in [0.15, 0.2) is 0 Å². The predicted molar refractivity (Wildman–Crippen MR) is 104 cm³/mol. The minimum atomic E-state index is 0.352. The Morgan fingerprint density at radius 3 is 2.38 bits per heavy atom. The number of hydrogen-bond donors (Lipinski definition) is 0. The molecule has 0 N–H and O–H groups in total. The molecule has 1 atom stereocenters. The lowest BCUT2D eigenvalue weighted by Crippen LogP contribution is -2.02. The second-order valence-electron chi connectivity index (χ2n) is 6.46. The van der Waals surface area contributed by atoms with E-state index in [2.05, 4.69) is 43.3 Å². The largest absolute Gasteiger partial charge is 0.288 e. The molecule has 1 aliphatic heterocycles. The van der Waals surface area contributed by atoms with Gasteiger partial charge in [-0.15, -0.1) is 0 Å². The Morgan fingerprint density at radius 2 is 1.58 bits per heavy atom. The number of aryl methyl sites for hydroxylation is 1. The predicted octanol–water partition coefficient (Wildman–Crippen LogP) is 6.43. The number of hydrogen-bond acceptors (Lipinski definition) is 1. The van der Waals surface area contributed by atoms with Gasteiger partial charge >= 0.3 is 0 Å². The van der Waals surface area contributed by atoms with Crippen LogP contribution >= 0.6 is 23.2 Å². The molecule has 1 aliphatic rings. The molecule has 0 spiro atoms. The summed E-state index contributed by atoms with van der Waals surface area (Å²) in [5.74, 6) is 0.352. The molecular weight excluding hydrogens is 337 g/mol. The minimum absolute atomic E-state index is 0.352. The van der Waals surface area contributed by atoms with Crippen LogP contribution in [0.25, 0.3) is 10.8 Å². The van der Waals surface area contributed by atoms with Gasteiger partial charge in [0.05, 0.1) is 0 Å². The van der Waals surface area contributed by atoms with Crippen LogP contribution in [0.4, 0.5) is 0 Å². The van der Waals surface area contributed by atoms with Crippen LogP contribution in [0.3, 0.4) is 0 Å². The Kier molecular flexibility index (Phi) is 4.07. The molecule has 0 bridgehead atoms. The molecule has 0 saturated carbocycles. The number of halogens is 2. The lowest BCUT2D eigenvalue weighted by atomic mass is 9.93. The van der Waals surface area contributed by atoms with Gasteiger partial charge in [0, 0.05) is 28.2 Å². The van der Waals surface area contributed by atoms with E-state index in [1.807, 2.05) is 12.1 Å². The topological polar surface area (TPSA) is 12.4 Å². The summed E-state index contributed by atoms with van der Waals surface area (Å²) in [6.45, 7) is 2.91. The SMILES string of the molecule is Cc1ccc2cc(C3=NCC(c4cc(Cl)cc(Cl)c4)C3)ccc2c1. The van der Waals surface area contributed by atoms with Crippen molar-refractivity contribution >= 4 is 39.7 Å². The monoisotopic (exact) mass is 353 g/mol. The molecule has 1 nitrogen and oxygen atoms in total. The van der Waals surface area contributed by atoms with Gasteiger partial charge in [-0.1, -0.05) is 59.1 Å². The van der Waals surface area contributed by atoms with Gasteiger partial charge in [-0.3, -0.25) is 4.99 Å². The molecule has 4 rings (SSSR count). The third-order valence-electron chi connectivity index (χ3n) is 4.63. The molecule has 0 amide bonds. The van der Waals surface area contributed by atoms with Crippen molar-refractivity contribution < 1.29 is 0 Å². The van der Waals surface area contributed by atoms with Crippen LogP contribution in [0, 0.1) is 6.92 Å². The maximum absolute atomic E-state index is 6.14. The van der Waals surface area contributed by atoms with Gasteiger partial charge in [-0.2, -0.15) is 0 Å². The molecule has 0 aliphatic carbocycles. The fourth-order valence-electron chi connectivity index (χ4n) is 3.37. The first kappa shape index (κ1) is 15.7. The third kappa shape index (κ3) is 3.07. The minimum Gasteiger partial charge on any atom is -0.288 e. The maximum atomic E-state index is 6.14. The molecule has 120 valence electrons. The van der Waals surface area contributed by atoms with Crippen LogP contribution in [0.5, 0.6) is 0 Å². The summed E-state index contributed by atoms with van der Waals surface area (Å²) in [6, 6.07) is 18.9. The second-order valence-corrected chi connectivity index (χ2v) is 7.33. The molecule has 24 heavy (non-hydrogen) atoms. The lowest BCUT2D eigenvalue weighted by Gasteiger charge is -2.11. The van der Waals surface area contributed by atoms with Crippen molar-refractivity contribution in [1.82, 2.24) is 0 Å². The zero-order valence-corrected chi connectivity index (χ0v) is 14.9. The fraction of sp³-hybridized carbons (Fsp3) is 0.190. The van der Waals surface area contributed by atoms with Crippen molar-refractivity contribution in [2.24, 2.45) is 4.99 Å². The molecule has 0 aromatic heterocycles. The number of benzene rings is 3. The molecule has 0 saturated heterocycles. The van der Waals surface area contributed by atoms with Crippen molar-refractivity contribution in [2.75, 3.05) is 6.54 Å². The molecule has 0 radical (unpaired) electrons. The number of fused-ring (bicyclic) bond motifs is 1. The number of rotatable bonds is 2. The smallest absolute Gasteiger partial charge is 0.0465 e. The summed E-state index contributed by atoms with van der Waals surface area (Å²) >= 11 is 12.3. The second kappa shape index (κ2) is 6.23. The van der Waals surface area contributed by atoms with Gasteiger partial charge in [-0.25, -0.2) is 0 Å². The van der Waals surface area contributed by atoms with E-state index in [1.54, 1.807) is 6.07 Å². The van der Waals surface area contributed by atoms with Crippen molar-refractivity contribution in [3.63, 3.8) is 0 Å². The summed E-state index contributed by atoms with van der Waals surface area (Å²) in [6.07, 6.45) is 0.925. The first-order valence-electron chi connectivity index (χ1n) is 8.08. The molecule has 3 aromatic carbocycles. The van der Waals surface area contributed by atoms with Gasteiger partial charge < -0.3 is 0 Å². The van der Waals surface area contributed by atoms with Crippen molar-refractivity contribution in [2.45, 2.75) is 19.3 Å². The Hall–Kier alpha value is -1.83. The quantitative estimate of drug-likeness (QED) is 0.503. The Morgan fingerprint density at radius 1 is 0.875 bits per heavy atom. The van der Waals surface area contributed by atoms with Crippen LogP contribution in [-0.2, 0) is 0 Å². The van der Waals surface area contributed by atoms with Crippen LogP contribution in [0.15, 0.2) is 59.6 Å². The van der Waals surface area contributed by atoms with E-state index in [0.29, 0.717) is 16.0 Å². The Balaban J connectivity index is 1.61. The van der Waals surface area contributed by atoms with Crippen molar-refractivity contribution in [3.05, 3.63) is 81.3 Å².